The number of fused-ring (bicyclic) bond motifs is 3. The van der Waals surface area contributed by atoms with E-state index in [9.17, 15) is 13.5 Å². The van der Waals surface area contributed by atoms with Gasteiger partial charge in [-0.25, -0.2) is 13.6 Å². The topological polar surface area (TPSA) is 108 Å². The summed E-state index contributed by atoms with van der Waals surface area (Å²) in [7, 11) is -0.646. The highest BCUT2D eigenvalue weighted by Crippen LogP contribution is 2.52. The Morgan fingerprint density at radius 3 is 2.57 bits per heavy atom. The minimum absolute atomic E-state index is 0.0146. The van der Waals surface area contributed by atoms with E-state index in [0.717, 1.165) is 16.7 Å². The summed E-state index contributed by atoms with van der Waals surface area (Å²) in [5.41, 5.74) is 3.49. The molecule has 3 N–H and O–H groups in total. The summed E-state index contributed by atoms with van der Waals surface area (Å²) in [6, 6.07) is 15.9. The number of primary sulfonamides is 1. The first-order valence-electron chi connectivity index (χ1n) is 9.15. The fraction of sp³-hybridized carbons (Fsp3) is 0.182. The average Bonchev–Trinajstić information content (AvgIpc) is 2.72. The lowest BCUT2D eigenvalue weighted by Crippen LogP contribution is -2.18. The quantitative estimate of drug-likeness (QED) is 0.647. The van der Waals surface area contributed by atoms with Gasteiger partial charge in [0.2, 0.25) is 10.0 Å². The summed E-state index contributed by atoms with van der Waals surface area (Å²) in [6.45, 7) is 0. The molecule has 0 aromatic heterocycles. The van der Waals surface area contributed by atoms with Gasteiger partial charge in [0.05, 0.1) is 25.5 Å². The normalized spacial score (nSPS) is 15.0. The minimum atomic E-state index is -3.70. The Morgan fingerprint density at radius 1 is 1.07 bits per heavy atom. The molecule has 1 atom stereocenters. The Hall–Kier alpha value is -3.23. The van der Waals surface area contributed by atoms with Crippen LogP contribution >= 0.6 is 0 Å². The number of aromatic hydroxyl groups is 1. The van der Waals surface area contributed by atoms with E-state index in [-0.39, 0.29) is 17.3 Å². The Labute approximate surface area is 174 Å². The highest BCUT2D eigenvalue weighted by molar-refractivity contribution is 7.88. The van der Waals surface area contributed by atoms with E-state index in [1.54, 1.807) is 31.4 Å². The number of hydrogen-bond donors (Lipinski definition) is 2. The standard InChI is InChI=1S/C22H21NO6S/c1-27-15-5-3-4-14(11-15)21-17-10-13(12-30(23,25)26)6-7-16(17)20-19(29-21)9-8-18(24)22(20)28-2/h3-11,21,24H,12H2,1-2H3,(H2,23,25,26). The lowest BCUT2D eigenvalue weighted by molar-refractivity contribution is 0.240. The van der Waals surface area contributed by atoms with Crippen molar-refractivity contribution in [3.63, 3.8) is 0 Å². The highest BCUT2D eigenvalue weighted by atomic mass is 32.2. The van der Waals surface area contributed by atoms with Crippen molar-refractivity contribution in [1.29, 1.82) is 0 Å². The molecule has 0 saturated heterocycles. The third kappa shape index (κ3) is 3.67. The first kappa shape index (κ1) is 20.1. The molecule has 7 nitrogen and oxygen atoms in total. The van der Waals surface area contributed by atoms with Crippen LogP contribution in [-0.2, 0) is 15.8 Å². The molecule has 0 saturated carbocycles. The Morgan fingerprint density at radius 2 is 1.87 bits per heavy atom. The molecule has 1 aliphatic heterocycles. The van der Waals surface area contributed by atoms with Crippen LogP contribution in [0.1, 0.15) is 22.8 Å². The molecule has 1 aliphatic rings. The molecule has 0 spiro atoms. The lowest BCUT2D eigenvalue weighted by atomic mass is 9.88. The predicted octanol–water partition coefficient (Wildman–Crippen LogP) is 3.35. The van der Waals surface area contributed by atoms with Crippen LogP contribution in [0.4, 0.5) is 0 Å². The fourth-order valence-electron chi connectivity index (χ4n) is 3.74. The van der Waals surface area contributed by atoms with E-state index in [1.807, 2.05) is 24.3 Å². The first-order valence-corrected chi connectivity index (χ1v) is 10.9. The maximum atomic E-state index is 11.6. The lowest BCUT2D eigenvalue weighted by Gasteiger charge is -2.31. The second-order valence-corrected chi connectivity index (χ2v) is 8.61. The van der Waals surface area contributed by atoms with E-state index in [4.69, 9.17) is 19.3 Å². The minimum Gasteiger partial charge on any atom is -0.504 e. The maximum Gasteiger partial charge on any atom is 0.213 e. The van der Waals surface area contributed by atoms with E-state index in [1.165, 1.54) is 13.2 Å². The molecule has 8 heteroatoms. The molecule has 0 fully saturated rings. The third-order valence-electron chi connectivity index (χ3n) is 4.98. The molecule has 3 aromatic carbocycles. The Bertz CT molecular complexity index is 1220. The van der Waals surface area contributed by atoms with Crippen LogP contribution in [0, 0.1) is 0 Å². The summed E-state index contributed by atoms with van der Waals surface area (Å²) in [5.74, 6) is 1.20. The summed E-state index contributed by atoms with van der Waals surface area (Å²) >= 11 is 0. The Balaban J connectivity index is 1.95. The van der Waals surface area contributed by atoms with Crippen molar-refractivity contribution in [3.8, 4) is 34.1 Å². The second kappa shape index (κ2) is 7.55. The number of nitrogens with two attached hydrogens (primary N) is 1. The number of phenolic OH excluding ortho intramolecular Hbond substituents is 1. The molecule has 1 heterocycles. The molecule has 0 radical (unpaired) electrons. The van der Waals surface area contributed by atoms with Crippen molar-refractivity contribution in [3.05, 3.63) is 71.3 Å². The molecule has 0 amide bonds. The van der Waals surface area contributed by atoms with Crippen LogP contribution in [0.15, 0.2) is 54.6 Å². The second-order valence-electron chi connectivity index (χ2n) is 6.99. The van der Waals surface area contributed by atoms with Crippen molar-refractivity contribution >= 4 is 10.0 Å². The van der Waals surface area contributed by atoms with Crippen LogP contribution in [0.2, 0.25) is 0 Å². The van der Waals surface area contributed by atoms with Gasteiger partial charge in [-0.15, -0.1) is 0 Å². The van der Waals surface area contributed by atoms with Gasteiger partial charge in [0.25, 0.3) is 0 Å². The SMILES string of the molecule is COc1cccc(C2Oc3ccc(O)c(OC)c3-c3ccc(CS(N)(=O)=O)cc32)c1. The number of benzene rings is 3. The summed E-state index contributed by atoms with van der Waals surface area (Å²) < 4.78 is 40.3. The zero-order chi connectivity index (χ0) is 21.5. The molecule has 4 rings (SSSR count). The predicted molar refractivity (Wildman–Crippen MR) is 112 cm³/mol. The van der Waals surface area contributed by atoms with Crippen LogP contribution in [0.3, 0.4) is 0 Å². The number of sulfonamides is 1. The summed E-state index contributed by atoms with van der Waals surface area (Å²) in [6.07, 6.45) is -0.516. The van der Waals surface area contributed by atoms with Gasteiger partial charge in [-0.2, -0.15) is 0 Å². The summed E-state index contributed by atoms with van der Waals surface area (Å²) in [5, 5.41) is 15.5. The highest BCUT2D eigenvalue weighted by Gasteiger charge is 2.31. The van der Waals surface area contributed by atoms with Crippen molar-refractivity contribution in [2.75, 3.05) is 14.2 Å². The van der Waals surface area contributed by atoms with Crippen molar-refractivity contribution < 1.29 is 27.7 Å². The van der Waals surface area contributed by atoms with Gasteiger partial charge >= 0.3 is 0 Å². The van der Waals surface area contributed by atoms with Gasteiger partial charge in [-0.1, -0.05) is 30.3 Å². The molecule has 0 bridgehead atoms. The number of hydrogen-bond acceptors (Lipinski definition) is 6. The van der Waals surface area contributed by atoms with E-state index in [2.05, 4.69) is 0 Å². The van der Waals surface area contributed by atoms with Gasteiger partial charge < -0.3 is 19.3 Å². The fourth-order valence-corrected chi connectivity index (χ4v) is 4.38. The number of phenols is 1. The van der Waals surface area contributed by atoms with E-state index in [0.29, 0.717) is 22.6 Å². The summed E-state index contributed by atoms with van der Waals surface area (Å²) in [4.78, 5) is 0. The van der Waals surface area contributed by atoms with Crippen molar-refractivity contribution in [2.45, 2.75) is 11.9 Å². The van der Waals surface area contributed by atoms with Crippen molar-refractivity contribution in [2.24, 2.45) is 5.14 Å². The first-order chi connectivity index (χ1) is 14.3. The van der Waals surface area contributed by atoms with E-state index < -0.39 is 16.1 Å². The molecule has 0 aliphatic carbocycles. The largest absolute Gasteiger partial charge is 0.504 e. The number of rotatable bonds is 5. The zero-order valence-corrected chi connectivity index (χ0v) is 17.3. The molecule has 3 aromatic rings. The zero-order valence-electron chi connectivity index (χ0n) is 16.5. The van der Waals surface area contributed by atoms with Crippen molar-refractivity contribution in [1.82, 2.24) is 0 Å². The smallest absolute Gasteiger partial charge is 0.213 e. The average molecular weight is 427 g/mol. The van der Waals surface area contributed by atoms with Crippen LogP contribution in [0.25, 0.3) is 11.1 Å². The third-order valence-corrected chi connectivity index (χ3v) is 5.72. The molecule has 1 unspecified atom stereocenters. The molecular weight excluding hydrogens is 406 g/mol. The van der Waals surface area contributed by atoms with Gasteiger partial charge in [0.1, 0.15) is 17.6 Å². The van der Waals surface area contributed by atoms with Crippen LogP contribution < -0.4 is 19.3 Å². The maximum absolute atomic E-state index is 11.6. The monoisotopic (exact) mass is 427 g/mol. The van der Waals surface area contributed by atoms with Crippen LogP contribution in [-0.4, -0.2) is 27.7 Å². The molecule has 156 valence electrons. The van der Waals surface area contributed by atoms with Gasteiger partial charge in [0, 0.05) is 11.1 Å². The Kier molecular flexibility index (Phi) is 5.05. The van der Waals surface area contributed by atoms with Gasteiger partial charge in [-0.3, -0.25) is 0 Å². The number of methoxy groups -OCH3 is 2. The molecular formula is C22H21NO6S. The van der Waals surface area contributed by atoms with E-state index >= 15 is 0 Å². The van der Waals surface area contributed by atoms with Gasteiger partial charge in [0.15, 0.2) is 11.5 Å². The number of ether oxygens (including phenoxy) is 3. The van der Waals surface area contributed by atoms with Gasteiger partial charge in [-0.05, 0) is 35.4 Å². The van der Waals surface area contributed by atoms with Crippen LogP contribution in [0.5, 0.6) is 23.0 Å². The molecule has 30 heavy (non-hydrogen) atoms.